The molecule has 0 spiro atoms. The van der Waals surface area contributed by atoms with E-state index in [0.717, 1.165) is 31.4 Å². The number of hydrogen-bond donors (Lipinski definition) is 1. The molecule has 2 nitrogen and oxygen atoms in total. The molecule has 0 amide bonds. The summed E-state index contributed by atoms with van der Waals surface area (Å²) < 4.78 is 5.71. The Bertz CT molecular complexity index is 313. The summed E-state index contributed by atoms with van der Waals surface area (Å²) in [6.45, 7) is 11.4. The highest BCUT2D eigenvalue weighted by molar-refractivity contribution is 5.32. The molecule has 0 unspecified atom stereocenters. The van der Waals surface area contributed by atoms with E-state index in [1.54, 1.807) is 0 Å². The third kappa shape index (κ3) is 6.32. The van der Waals surface area contributed by atoms with Gasteiger partial charge in [0.25, 0.3) is 0 Å². The molecule has 0 bridgehead atoms. The Morgan fingerprint density at radius 3 is 2.29 bits per heavy atom. The first-order valence-electron chi connectivity index (χ1n) is 6.49. The van der Waals surface area contributed by atoms with Crippen molar-refractivity contribution in [2.75, 3.05) is 19.7 Å². The average molecular weight is 235 g/mol. The molecule has 0 aromatic heterocycles. The van der Waals surface area contributed by atoms with Crippen LogP contribution in [0.15, 0.2) is 18.2 Å². The van der Waals surface area contributed by atoms with E-state index in [4.69, 9.17) is 4.74 Å². The predicted octanol–water partition coefficient (Wildman–Crippen LogP) is 3.32. The van der Waals surface area contributed by atoms with Gasteiger partial charge < -0.3 is 10.1 Å². The lowest BCUT2D eigenvalue weighted by molar-refractivity contribution is 0.312. The van der Waals surface area contributed by atoms with Crippen LogP contribution < -0.4 is 10.1 Å². The van der Waals surface area contributed by atoms with Gasteiger partial charge >= 0.3 is 0 Å². The van der Waals surface area contributed by atoms with Gasteiger partial charge in [0.15, 0.2) is 0 Å². The molecule has 0 aliphatic heterocycles. The lowest BCUT2D eigenvalue weighted by Crippen LogP contribution is -2.23. The van der Waals surface area contributed by atoms with Gasteiger partial charge in [-0.05, 0) is 56.0 Å². The van der Waals surface area contributed by atoms with E-state index >= 15 is 0 Å². The number of nitrogens with one attached hydrogen (secondary N) is 1. The van der Waals surface area contributed by atoms with Gasteiger partial charge in [0.1, 0.15) is 12.4 Å². The minimum atomic E-state index is 0.737. The quantitative estimate of drug-likeness (QED) is 0.732. The standard InChI is InChI=1S/C15H25NO/c1-12(2)5-6-16-7-8-17-15-10-13(3)9-14(4)11-15/h9-12,16H,5-8H2,1-4H3. The molecule has 1 rings (SSSR count). The summed E-state index contributed by atoms with van der Waals surface area (Å²) in [4.78, 5) is 0. The maximum atomic E-state index is 5.71. The van der Waals surface area contributed by atoms with Crippen LogP contribution in [0.1, 0.15) is 31.4 Å². The second-order valence-electron chi connectivity index (χ2n) is 5.10. The van der Waals surface area contributed by atoms with Crippen LogP contribution in [0.2, 0.25) is 0 Å². The normalized spacial score (nSPS) is 10.9. The summed E-state index contributed by atoms with van der Waals surface area (Å²) >= 11 is 0. The Morgan fingerprint density at radius 1 is 1.06 bits per heavy atom. The lowest BCUT2D eigenvalue weighted by Gasteiger charge is -2.10. The largest absolute Gasteiger partial charge is 0.492 e. The van der Waals surface area contributed by atoms with Gasteiger partial charge in [-0.2, -0.15) is 0 Å². The maximum absolute atomic E-state index is 5.71. The predicted molar refractivity (Wildman–Crippen MR) is 73.7 cm³/mol. The van der Waals surface area contributed by atoms with Crippen LogP contribution in [-0.4, -0.2) is 19.7 Å². The van der Waals surface area contributed by atoms with Gasteiger partial charge in [-0.1, -0.05) is 19.9 Å². The molecule has 0 heterocycles. The van der Waals surface area contributed by atoms with Crippen molar-refractivity contribution in [1.82, 2.24) is 5.32 Å². The van der Waals surface area contributed by atoms with E-state index in [2.05, 4.69) is 51.2 Å². The molecule has 0 fully saturated rings. The molecule has 0 aliphatic carbocycles. The summed E-state index contributed by atoms with van der Waals surface area (Å²) in [5, 5.41) is 3.39. The second kappa shape index (κ2) is 7.33. The highest BCUT2D eigenvalue weighted by Crippen LogP contribution is 2.15. The molecule has 0 atom stereocenters. The fourth-order valence-electron chi connectivity index (χ4n) is 1.77. The molecule has 0 saturated heterocycles. The molecule has 1 N–H and O–H groups in total. The van der Waals surface area contributed by atoms with Crippen LogP contribution in [0.4, 0.5) is 0 Å². The van der Waals surface area contributed by atoms with Gasteiger partial charge in [-0.3, -0.25) is 0 Å². The van der Waals surface area contributed by atoms with E-state index < -0.39 is 0 Å². The van der Waals surface area contributed by atoms with E-state index in [9.17, 15) is 0 Å². The summed E-state index contributed by atoms with van der Waals surface area (Å²) in [6, 6.07) is 6.33. The molecule has 2 heteroatoms. The van der Waals surface area contributed by atoms with Crippen LogP contribution in [-0.2, 0) is 0 Å². The fourth-order valence-corrected chi connectivity index (χ4v) is 1.77. The number of rotatable bonds is 7. The first-order chi connectivity index (χ1) is 8.08. The van der Waals surface area contributed by atoms with Crippen molar-refractivity contribution in [3.05, 3.63) is 29.3 Å². The molecule has 17 heavy (non-hydrogen) atoms. The monoisotopic (exact) mass is 235 g/mol. The Hall–Kier alpha value is -1.02. The Labute approximate surface area is 105 Å². The zero-order valence-electron chi connectivity index (χ0n) is 11.5. The van der Waals surface area contributed by atoms with Gasteiger partial charge in [-0.15, -0.1) is 0 Å². The number of ether oxygens (including phenoxy) is 1. The van der Waals surface area contributed by atoms with Crippen LogP contribution in [0.5, 0.6) is 5.75 Å². The summed E-state index contributed by atoms with van der Waals surface area (Å²) in [5.74, 6) is 1.75. The SMILES string of the molecule is Cc1cc(C)cc(OCCNCCC(C)C)c1. The highest BCUT2D eigenvalue weighted by Gasteiger charge is 1.97. The molecule has 96 valence electrons. The zero-order chi connectivity index (χ0) is 12.7. The Balaban J connectivity index is 2.18. The van der Waals surface area contributed by atoms with E-state index in [-0.39, 0.29) is 0 Å². The molecule has 0 aliphatic rings. The van der Waals surface area contributed by atoms with Gasteiger partial charge in [0.05, 0.1) is 0 Å². The van der Waals surface area contributed by atoms with E-state index in [0.29, 0.717) is 0 Å². The van der Waals surface area contributed by atoms with Crippen molar-refractivity contribution in [1.29, 1.82) is 0 Å². The summed E-state index contributed by atoms with van der Waals surface area (Å²) in [6.07, 6.45) is 1.23. The van der Waals surface area contributed by atoms with Crippen molar-refractivity contribution < 1.29 is 4.74 Å². The number of aryl methyl sites for hydroxylation is 2. The third-order valence-electron chi connectivity index (χ3n) is 2.64. The topological polar surface area (TPSA) is 21.3 Å². The van der Waals surface area contributed by atoms with Crippen LogP contribution >= 0.6 is 0 Å². The minimum absolute atomic E-state index is 0.737. The molecular weight excluding hydrogens is 210 g/mol. The Kier molecular flexibility index (Phi) is 6.06. The van der Waals surface area contributed by atoms with Gasteiger partial charge in [0, 0.05) is 6.54 Å². The van der Waals surface area contributed by atoms with Crippen LogP contribution in [0.25, 0.3) is 0 Å². The third-order valence-corrected chi connectivity index (χ3v) is 2.64. The number of hydrogen-bond acceptors (Lipinski definition) is 2. The first kappa shape index (κ1) is 14.0. The lowest BCUT2D eigenvalue weighted by atomic mass is 10.1. The van der Waals surface area contributed by atoms with Crippen molar-refractivity contribution in [2.45, 2.75) is 34.1 Å². The van der Waals surface area contributed by atoms with E-state index in [1.165, 1.54) is 17.5 Å². The summed E-state index contributed by atoms with van der Waals surface area (Å²) in [5.41, 5.74) is 2.51. The van der Waals surface area contributed by atoms with Crippen LogP contribution in [0.3, 0.4) is 0 Å². The van der Waals surface area contributed by atoms with Gasteiger partial charge in [0.2, 0.25) is 0 Å². The minimum Gasteiger partial charge on any atom is -0.492 e. The summed E-state index contributed by atoms with van der Waals surface area (Å²) in [7, 11) is 0. The highest BCUT2D eigenvalue weighted by atomic mass is 16.5. The van der Waals surface area contributed by atoms with Crippen molar-refractivity contribution in [3.63, 3.8) is 0 Å². The van der Waals surface area contributed by atoms with E-state index in [1.807, 2.05) is 0 Å². The van der Waals surface area contributed by atoms with Crippen molar-refractivity contribution in [2.24, 2.45) is 5.92 Å². The van der Waals surface area contributed by atoms with Crippen molar-refractivity contribution in [3.8, 4) is 5.75 Å². The zero-order valence-corrected chi connectivity index (χ0v) is 11.5. The molecule has 1 aromatic carbocycles. The molecule has 0 saturated carbocycles. The second-order valence-corrected chi connectivity index (χ2v) is 5.10. The van der Waals surface area contributed by atoms with Crippen molar-refractivity contribution >= 4 is 0 Å². The smallest absolute Gasteiger partial charge is 0.119 e. The maximum Gasteiger partial charge on any atom is 0.119 e. The first-order valence-corrected chi connectivity index (χ1v) is 6.49. The Morgan fingerprint density at radius 2 is 1.71 bits per heavy atom. The van der Waals surface area contributed by atoms with Crippen LogP contribution in [0, 0.1) is 19.8 Å². The number of benzene rings is 1. The molecule has 1 aromatic rings. The molecular formula is C15H25NO. The average Bonchev–Trinajstić information content (AvgIpc) is 2.21. The van der Waals surface area contributed by atoms with Gasteiger partial charge in [-0.25, -0.2) is 0 Å². The molecule has 0 radical (unpaired) electrons. The fraction of sp³-hybridized carbons (Fsp3) is 0.600.